The van der Waals surface area contributed by atoms with Crippen molar-refractivity contribution in [3.05, 3.63) is 23.8 Å². The zero-order chi connectivity index (χ0) is 12.1. The van der Waals surface area contributed by atoms with Gasteiger partial charge in [0.1, 0.15) is 0 Å². The first-order valence-corrected chi connectivity index (χ1v) is 7.17. The number of nitrogen functional groups attached to an aromatic ring is 1. The molecule has 96 valence electrons. The van der Waals surface area contributed by atoms with E-state index in [2.05, 4.69) is 21.9 Å². The lowest BCUT2D eigenvalue weighted by molar-refractivity contribution is 0.162. The van der Waals surface area contributed by atoms with Crippen molar-refractivity contribution in [2.75, 3.05) is 36.8 Å². The number of hydrogen-bond donors (Lipinski definition) is 1. The number of anilines is 2. The lowest BCUT2D eigenvalue weighted by Gasteiger charge is -2.47. The fourth-order valence-electron chi connectivity index (χ4n) is 3.48. The van der Waals surface area contributed by atoms with Gasteiger partial charge in [0.05, 0.1) is 0 Å². The molecule has 0 amide bonds. The van der Waals surface area contributed by atoms with Gasteiger partial charge in [-0.2, -0.15) is 0 Å². The molecule has 3 nitrogen and oxygen atoms in total. The summed E-state index contributed by atoms with van der Waals surface area (Å²) < 4.78 is 0. The average Bonchev–Trinajstić information content (AvgIpc) is 3.18. The zero-order valence-electron chi connectivity index (χ0n) is 10.8. The summed E-state index contributed by atoms with van der Waals surface area (Å²) in [5, 5.41) is 0. The molecule has 2 aliphatic heterocycles. The monoisotopic (exact) mass is 243 g/mol. The van der Waals surface area contributed by atoms with Crippen molar-refractivity contribution in [2.24, 2.45) is 5.92 Å². The van der Waals surface area contributed by atoms with E-state index in [0.29, 0.717) is 0 Å². The van der Waals surface area contributed by atoms with Crippen LogP contribution in [0, 0.1) is 5.92 Å². The minimum atomic E-state index is 0.732. The van der Waals surface area contributed by atoms with E-state index in [1.165, 1.54) is 56.7 Å². The lowest BCUT2D eigenvalue weighted by Crippen LogP contribution is -2.57. The topological polar surface area (TPSA) is 32.5 Å². The van der Waals surface area contributed by atoms with Crippen molar-refractivity contribution in [1.29, 1.82) is 0 Å². The van der Waals surface area contributed by atoms with Crippen LogP contribution in [0.2, 0.25) is 0 Å². The molecule has 3 aliphatic rings. The van der Waals surface area contributed by atoms with Crippen molar-refractivity contribution in [3.8, 4) is 0 Å². The molecule has 1 aromatic carbocycles. The predicted molar refractivity (Wildman–Crippen MR) is 74.9 cm³/mol. The van der Waals surface area contributed by atoms with Crippen LogP contribution in [0.1, 0.15) is 18.4 Å². The van der Waals surface area contributed by atoms with E-state index in [9.17, 15) is 0 Å². The number of fused-ring (bicyclic) bond motifs is 4. The van der Waals surface area contributed by atoms with Crippen LogP contribution in [0.5, 0.6) is 0 Å². The van der Waals surface area contributed by atoms with Gasteiger partial charge >= 0.3 is 0 Å². The van der Waals surface area contributed by atoms with Crippen LogP contribution in [0.15, 0.2) is 18.2 Å². The minimum Gasteiger partial charge on any atom is -0.399 e. The molecule has 0 radical (unpaired) electrons. The number of benzene rings is 1. The summed E-state index contributed by atoms with van der Waals surface area (Å²) in [5.74, 6) is 1.00. The van der Waals surface area contributed by atoms with Crippen LogP contribution < -0.4 is 10.6 Å². The molecule has 2 bridgehead atoms. The third-order valence-corrected chi connectivity index (χ3v) is 4.70. The SMILES string of the molecule is Nc1ccc2c(c1)N1CCN(CC3CC3)[C@H](C2)C1. The quantitative estimate of drug-likeness (QED) is 0.803. The van der Waals surface area contributed by atoms with Crippen LogP contribution in [-0.4, -0.2) is 37.1 Å². The van der Waals surface area contributed by atoms with Gasteiger partial charge < -0.3 is 10.6 Å². The Hall–Kier alpha value is -1.22. The fraction of sp³-hybridized carbons (Fsp3) is 0.600. The lowest BCUT2D eigenvalue weighted by atomic mass is 9.94. The summed E-state index contributed by atoms with van der Waals surface area (Å²) in [4.78, 5) is 5.26. The summed E-state index contributed by atoms with van der Waals surface area (Å²) in [7, 11) is 0. The van der Waals surface area contributed by atoms with Crippen LogP contribution in [0.25, 0.3) is 0 Å². The second-order valence-electron chi connectivity index (χ2n) is 6.13. The van der Waals surface area contributed by atoms with Gasteiger partial charge in [0.2, 0.25) is 0 Å². The molecule has 1 saturated heterocycles. The molecular weight excluding hydrogens is 222 g/mol. The van der Waals surface area contributed by atoms with Crippen molar-refractivity contribution < 1.29 is 0 Å². The summed E-state index contributed by atoms with van der Waals surface area (Å²) in [6, 6.07) is 7.16. The Morgan fingerprint density at radius 1 is 1.22 bits per heavy atom. The maximum absolute atomic E-state index is 5.92. The number of nitrogens with zero attached hydrogens (tertiary/aromatic N) is 2. The zero-order valence-corrected chi connectivity index (χ0v) is 10.8. The minimum absolute atomic E-state index is 0.732. The Balaban J connectivity index is 1.60. The van der Waals surface area contributed by atoms with Gasteiger partial charge in [-0.1, -0.05) is 6.07 Å². The van der Waals surface area contributed by atoms with E-state index in [1.54, 1.807) is 0 Å². The molecule has 2 N–H and O–H groups in total. The first-order chi connectivity index (χ1) is 8.79. The van der Waals surface area contributed by atoms with Gasteiger partial charge in [-0.3, -0.25) is 4.90 Å². The molecule has 4 rings (SSSR count). The van der Waals surface area contributed by atoms with Crippen LogP contribution in [-0.2, 0) is 6.42 Å². The first kappa shape index (κ1) is 10.7. The Bertz CT molecular complexity index is 467. The Morgan fingerprint density at radius 2 is 2.11 bits per heavy atom. The number of piperazine rings is 1. The molecule has 1 atom stereocenters. The third kappa shape index (κ3) is 1.77. The molecule has 3 heteroatoms. The Morgan fingerprint density at radius 3 is 2.94 bits per heavy atom. The second-order valence-corrected chi connectivity index (χ2v) is 6.13. The first-order valence-electron chi connectivity index (χ1n) is 7.17. The van der Waals surface area contributed by atoms with Crippen molar-refractivity contribution in [2.45, 2.75) is 25.3 Å². The van der Waals surface area contributed by atoms with Gasteiger partial charge in [-0.15, -0.1) is 0 Å². The normalized spacial score (nSPS) is 27.1. The molecular formula is C15H21N3. The Kier molecular flexibility index (Phi) is 2.31. The number of nitrogens with two attached hydrogens (primary N) is 1. The Labute approximate surface area is 109 Å². The average molecular weight is 243 g/mol. The molecule has 1 saturated carbocycles. The molecule has 2 heterocycles. The van der Waals surface area contributed by atoms with Crippen molar-refractivity contribution in [3.63, 3.8) is 0 Å². The van der Waals surface area contributed by atoms with E-state index in [-0.39, 0.29) is 0 Å². The van der Waals surface area contributed by atoms with Crippen molar-refractivity contribution >= 4 is 11.4 Å². The molecule has 0 unspecified atom stereocenters. The van der Waals surface area contributed by atoms with Gasteiger partial charge in [0, 0.05) is 43.6 Å². The maximum Gasteiger partial charge on any atom is 0.0421 e. The van der Waals surface area contributed by atoms with Crippen LogP contribution in [0.4, 0.5) is 11.4 Å². The van der Waals surface area contributed by atoms with E-state index >= 15 is 0 Å². The summed E-state index contributed by atoms with van der Waals surface area (Å²) in [6.45, 7) is 4.93. The highest BCUT2D eigenvalue weighted by molar-refractivity contribution is 5.63. The molecule has 1 aliphatic carbocycles. The van der Waals surface area contributed by atoms with E-state index < -0.39 is 0 Å². The summed E-state index contributed by atoms with van der Waals surface area (Å²) >= 11 is 0. The van der Waals surface area contributed by atoms with Crippen LogP contribution >= 0.6 is 0 Å². The molecule has 0 spiro atoms. The predicted octanol–water partition coefficient (Wildman–Crippen LogP) is 1.73. The number of rotatable bonds is 2. The van der Waals surface area contributed by atoms with E-state index in [0.717, 1.165) is 17.6 Å². The smallest absolute Gasteiger partial charge is 0.0421 e. The molecule has 18 heavy (non-hydrogen) atoms. The van der Waals surface area contributed by atoms with Crippen molar-refractivity contribution in [1.82, 2.24) is 4.90 Å². The third-order valence-electron chi connectivity index (χ3n) is 4.70. The molecule has 1 aromatic rings. The summed E-state index contributed by atoms with van der Waals surface area (Å²) in [6.07, 6.45) is 4.12. The highest BCUT2D eigenvalue weighted by Gasteiger charge is 2.35. The molecule has 0 aromatic heterocycles. The maximum atomic E-state index is 5.92. The second kappa shape index (κ2) is 3.89. The summed E-state index contributed by atoms with van der Waals surface area (Å²) in [5.41, 5.74) is 9.69. The van der Waals surface area contributed by atoms with Gasteiger partial charge in [-0.05, 0) is 42.9 Å². The highest BCUT2D eigenvalue weighted by Crippen LogP contribution is 2.36. The van der Waals surface area contributed by atoms with E-state index in [1.807, 2.05) is 6.07 Å². The van der Waals surface area contributed by atoms with Gasteiger partial charge in [0.15, 0.2) is 0 Å². The standard InChI is InChI=1S/C15H21N3/c16-13-4-3-12-7-14-10-18(15(12)8-13)6-5-17(14)9-11-1-2-11/h3-4,8,11,14H,1-2,5-7,9-10,16H2/t14-/m1/s1. The van der Waals surface area contributed by atoms with Crippen LogP contribution in [0.3, 0.4) is 0 Å². The van der Waals surface area contributed by atoms with E-state index in [4.69, 9.17) is 5.73 Å². The number of hydrogen-bond acceptors (Lipinski definition) is 3. The van der Waals surface area contributed by atoms with Gasteiger partial charge in [0.25, 0.3) is 0 Å². The van der Waals surface area contributed by atoms with Gasteiger partial charge in [-0.25, -0.2) is 0 Å². The largest absolute Gasteiger partial charge is 0.399 e. The highest BCUT2D eigenvalue weighted by atomic mass is 15.3. The fourth-order valence-corrected chi connectivity index (χ4v) is 3.48. The molecule has 2 fully saturated rings.